The molecule has 0 amide bonds. The van der Waals surface area contributed by atoms with Gasteiger partial charge in [-0.15, -0.1) is 0 Å². The molecule has 0 aromatic carbocycles. The molecule has 0 spiro atoms. The van der Waals surface area contributed by atoms with Crippen LogP contribution in [0, 0.1) is 5.92 Å². The Labute approximate surface area is 90.9 Å². The third kappa shape index (κ3) is 3.51. The van der Waals surface area contributed by atoms with Crippen LogP contribution in [0.2, 0.25) is 0 Å². The Kier molecular flexibility index (Phi) is 3.56. The zero-order valence-corrected chi connectivity index (χ0v) is 9.20. The summed E-state index contributed by atoms with van der Waals surface area (Å²) in [7, 11) is 0. The number of hydrogen-bond donors (Lipinski definition) is 1. The third-order valence-electron chi connectivity index (χ3n) is 2.54. The van der Waals surface area contributed by atoms with Gasteiger partial charge in [0.1, 0.15) is 0 Å². The Morgan fingerprint density at radius 2 is 2.40 bits per heavy atom. The first-order chi connectivity index (χ1) is 7.38. The Morgan fingerprint density at radius 3 is 3.13 bits per heavy atom. The van der Waals surface area contributed by atoms with E-state index in [2.05, 4.69) is 17.2 Å². The van der Waals surface area contributed by atoms with Gasteiger partial charge >= 0.3 is 0 Å². The second-order valence-corrected chi connectivity index (χ2v) is 4.04. The summed E-state index contributed by atoms with van der Waals surface area (Å²) in [6.45, 7) is 4.81. The van der Waals surface area contributed by atoms with Crippen LogP contribution >= 0.6 is 0 Å². The van der Waals surface area contributed by atoms with Crippen molar-refractivity contribution in [2.45, 2.75) is 26.3 Å². The standard InChI is InChI=1S/C12H18N2O/c1-2-13-8-11-5-6-14-12(7-11)15-9-10-3-4-10/h5-7,10,13H,2-4,8-9H2,1H3. The molecule has 1 fully saturated rings. The van der Waals surface area contributed by atoms with Crippen molar-refractivity contribution in [1.29, 1.82) is 0 Å². The van der Waals surface area contributed by atoms with Gasteiger partial charge in [-0.3, -0.25) is 0 Å². The number of pyridine rings is 1. The minimum atomic E-state index is 0.761. The van der Waals surface area contributed by atoms with Crippen molar-refractivity contribution in [3.8, 4) is 5.88 Å². The molecule has 1 aliphatic carbocycles. The molecule has 2 rings (SSSR count). The molecule has 15 heavy (non-hydrogen) atoms. The molecule has 0 unspecified atom stereocenters. The van der Waals surface area contributed by atoms with Gasteiger partial charge < -0.3 is 10.1 Å². The van der Waals surface area contributed by atoms with E-state index < -0.39 is 0 Å². The molecule has 3 heteroatoms. The van der Waals surface area contributed by atoms with Crippen molar-refractivity contribution < 1.29 is 4.74 Å². The van der Waals surface area contributed by atoms with Crippen LogP contribution in [0.4, 0.5) is 0 Å². The van der Waals surface area contributed by atoms with Gasteiger partial charge in [0, 0.05) is 18.8 Å². The van der Waals surface area contributed by atoms with Gasteiger partial charge in [-0.2, -0.15) is 0 Å². The average Bonchev–Trinajstić information content (AvgIpc) is 3.08. The highest BCUT2D eigenvalue weighted by molar-refractivity contribution is 5.20. The van der Waals surface area contributed by atoms with E-state index >= 15 is 0 Å². The van der Waals surface area contributed by atoms with E-state index in [-0.39, 0.29) is 0 Å². The fourth-order valence-corrected chi connectivity index (χ4v) is 1.40. The van der Waals surface area contributed by atoms with Crippen LogP contribution < -0.4 is 10.1 Å². The predicted molar refractivity (Wildman–Crippen MR) is 59.8 cm³/mol. The van der Waals surface area contributed by atoms with Crippen LogP contribution in [0.25, 0.3) is 0 Å². The molecular formula is C12H18N2O. The van der Waals surface area contributed by atoms with E-state index in [0.29, 0.717) is 0 Å². The summed E-state index contributed by atoms with van der Waals surface area (Å²) in [6.07, 6.45) is 4.45. The quantitative estimate of drug-likeness (QED) is 0.772. The van der Waals surface area contributed by atoms with Gasteiger partial charge in [0.05, 0.1) is 6.61 Å². The van der Waals surface area contributed by atoms with Crippen LogP contribution in [0.15, 0.2) is 18.3 Å². The number of nitrogens with one attached hydrogen (secondary N) is 1. The molecular weight excluding hydrogens is 188 g/mol. The number of ether oxygens (including phenoxy) is 1. The molecule has 3 nitrogen and oxygen atoms in total. The number of nitrogens with zero attached hydrogens (tertiary/aromatic N) is 1. The third-order valence-corrected chi connectivity index (χ3v) is 2.54. The largest absolute Gasteiger partial charge is 0.477 e. The van der Waals surface area contributed by atoms with E-state index in [0.717, 1.165) is 31.5 Å². The summed E-state index contributed by atoms with van der Waals surface area (Å²) in [4.78, 5) is 4.20. The first kappa shape index (κ1) is 10.4. The molecule has 1 aliphatic rings. The molecule has 1 saturated carbocycles. The summed E-state index contributed by atoms with van der Waals surface area (Å²) < 4.78 is 5.61. The molecule has 0 aliphatic heterocycles. The second-order valence-electron chi connectivity index (χ2n) is 4.04. The lowest BCUT2D eigenvalue weighted by Crippen LogP contribution is -2.12. The van der Waals surface area contributed by atoms with Crippen molar-refractivity contribution in [3.05, 3.63) is 23.9 Å². The maximum absolute atomic E-state index is 5.61. The van der Waals surface area contributed by atoms with Crippen molar-refractivity contribution >= 4 is 0 Å². The van der Waals surface area contributed by atoms with E-state index in [1.807, 2.05) is 18.3 Å². The van der Waals surface area contributed by atoms with Gasteiger partial charge in [-0.1, -0.05) is 6.92 Å². The zero-order chi connectivity index (χ0) is 10.5. The molecule has 1 heterocycles. The topological polar surface area (TPSA) is 34.2 Å². The van der Waals surface area contributed by atoms with Crippen LogP contribution in [0.1, 0.15) is 25.3 Å². The maximum Gasteiger partial charge on any atom is 0.213 e. The molecule has 1 N–H and O–H groups in total. The molecule has 0 atom stereocenters. The smallest absolute Gasteiger partial charge is 0.213 e. The van der Waals surface area contributed by atoms with E-state index in [9.17, 15) is 0 Å². The molecule has 1 aromatic heterocycles. The van der Waals surface area contributed by atoms with Crippen LogP contribution in [0.5, 0.6) is 5.88 Å². The van der Waals surface area contributed by atoms with Crippen molar-refractivity contribution in [2.75, 3.05) is 13.2 Å². The maximum atomic E-state index is 5.61. The summed E-state index contributed by atoms with van der Waals surface area (Å²) in [6, 6.07) is 4.04. The fourth-order valence-electron chi connectivity index (χ4n) is 1.40. The van der Waals surface area contributed by atoms with Gasteiger partial charge in [0.25, 0.3) is 0 Å². The Morgan fingerprint density at radius 1 is 1.53 bits per heavy atom. The first-order valence-corrected chi connectivity index (χ1v) is 5.67. The monoisotopic (exact) mass is 206 g/mol. The van der Waals surface area contributed by atoms with Crippen LogP contribution in [-0.2, 0) is 6.54 Å². The highest BCUT2D eigenvalue weighted by atomic mass is 16.5. The highest BCUT2D eigenvalue weighted by Gasteiger charge is 2.22. The van der Waals surface area contributed by atoms with Crippen molar-refractivity contribution in [1.82, 2.24) is 10.3 Å². The summed E-state index contributed by atoms with van der Waals surface area (Å²) >= 11 is 0. The minimum absolute atomic E-state index is 0.761. The molecule has 0 radical (unpaired) electrons. The minimum Gasteiger partial charge on any atom is -0.477 e. The molecule has 0 bridgehead atoms. The lowest BCUT2D eigenvalue weighted by Gasteiger charge is -2.06. The van der Waals surface area contributed by atoms with Gasteiger partial charge in [0.15, 0.2) is 0 Å². The van der Waals surface area contributed by atoms with Crippen molar-refractivity contribution in [2.24, 2.45) is 5.92 Å². The molecule has 82 valence electrons. The summed E-state index contributed by atoms with van der Waals surface area (Å²) in [5.41, 5.74) is 1.23. The average molecular weight is 206 g/mol. The molecule has 0 saturated heterocycles. The predicted octanol–water partition coefficient (Wildman–Crippen LogP) is 1.98. The van der Waals surface area contributed by atoms with E-state index in [1.165, 1.54) is 18.4 Å². The van der Waals surface area contributed by atoms with Crippen molar-refractivity contribution in [3.63, 3.8) is 0 Å². The Bertz CT molecular complexity index is 310. The van der Waals surface area contributed by atoms with E-state index in [1.54, 1.807) is 0 Å². The van der Waals surface area contributed by atoms with E-state index in [4.69, 9.17) is 4.74 Å². The highest BCUT2D eigenvalue weighted by Crippen LogP contribution is 2.29. The Hall–Kier alpha value is -1.09. The van der Waals surface area contributed by atoms with Gasteiger partial charge in [0.2, 0.25) is 5.88 Å². The van der Waals surface area contributed by atoms with Crippen LogP contribution in [0.3, 0.4) is 0 Å². The fraction of sp³-hybridized carbons (Fsp3) is 0.583. The van der Waals surface area contributed by atoms with Crippen LogP contribution in [-0.4, -0.2) is 18.1 Å². The number of aromatic nitrogens is 1. The zero-order valence-electron chi connectivity index (χ0n) is 9.20. The lowest BCUT2D eigenvalue weighted by atomic mass is 10.2. The normalized spacial score (nSPS) is 15.3. The lowest BCUT2D eigenvalue weighted by molar-refractivity contribution is 0.288. The summed E-state index contributed by atoms with van der Waals surface area (Å²) in [5.74, 6) is 1.54. The second kappa shape index (κ2) is 5.12. The number of hydrogen-bond acceptors (Lipinski definition) is 3. The Balaban J connectivity index is 1.85. The SMILES string of the molecule is CCNCc1ccnc(OCC2CC2)c1. The molecule has 1 aromatic rings. The first-order valence-electron chi connectivity index (χ1n) is 5.67. The van der Waals surface area contributed by atoms with Gasteiger partial charge in [-0.05, 0) is 36.9 Å². The van der Waals surface area contributed by atoms with Gasteiger partial charge in [-0.25, -0.2) is 4.98 Å². The number of rotatable bonds is 6. The summed E-state index contributed by atoms with van der Waals surface area (Å²) in [5, 5.41) is 3.29.